The van der Waals surface area contributed by atoms with Gasteiger partial charge in [0, 0.05) is 22.0 Å². The van der Waals surface area contributed by atoms with Crippen molar-refractivity contribution in [3.05, 3.63) is 16.3 Å². The average molecular weight is 142 g/mol. The van der Waals surface area contributed by atoms with Crippen LogP contribution < -0.4 is 11.5 Å². The molecule has 1 aromatic heterocycles. The van der Waals surface area contributed by atoms with Crippen LogP contribution in [0.15, 0.2) is 11.4 Å². The maximum absolute atomic E-state index is 5.58. The Hall–Kier alpha value is -0.540. The van der Waals surface area contributed by atoms with E-state index >= 15 is 0 Å². The van der Waals surface area contributed by atoms with Gasteiger partial charge in [-0.15, -0.1) is 11.3 Å². The molecule has 0 aliphatic rings. The average Bonchev–Trinajstić information content (AvgIpc) is 2.14. The van der Waals surface area contributed by atoms with Crippen LogP contribution in [0.4, 0.5) is 5.69 Å². The van der Waals surface area contributed by atoms with Crippen LogP contribution in [0.3, 0.4) is 0 Å². The van der Waals surface area contributed by atoms with Gasteiger partial charge in [-0.25, -0.2) is 0 Å². The Labute approximate surface area is 58.5 Å². The van der Waals surface area contributed by atoms with Crippen molar-refractivity contribution < 1.29 is 0 Å². The zero-order chi connectivity index (χ0) is 6.85. The van der Waals surface area contributed by atoms with Gasteiger partial charge >= 0.3 is 0 Å². The smallest absolute Gasteiger partial charge is 0.0426 e. The van der Waals surface area contributed by atoms with Gasteiger partial charge in [-0.2, -0.15) is 0 Å². The third kappa shape index (κ3) is 1.43. The SMILES string of the molecule is C[C@H](N)c1cc(N)cs1. The molecule has 0 spiro atoms. The molecule has 0 amide bonds. The molecule has 9 heavy (non-hydrogen) atoms. The Kier molecular flexibility index (Phi) is 1.73. The van der Waals surface area contributed by atoms with Crippen molar-refractivity contribution in [1.82, 2.24) is 0 Å². The predicted octanol–water partition coefficient (Wildman–Crippen LogP) is 1.35. The first-order chi connectivity index (χ1) is 4.20. The molecule has 3 heteroatoms. The fourth-order valence-electron chi connectivity index (χ4n) is 0.607. The highest BCUT2D eigenvalue weighted by atomic mass is 32.1. The summed E-state index contributed by atoms with van der Waals surface area (Å²) in [4.78, 5) is 1.15. The van der Waals surface area contributed by atoms with Crippen molar-refractivity contribution in [1.29, 1.82) is 0 Å². The minimum Gasteiger partial charge on any atom is -0.398 e. The minimum absolute atomic E-state index is 0.118. The molecule has 0 fully saturated rings. The molecule has 1 heterocycles. The van der Waals surface area contributed by atoms with Gasteiger partial charge in [-0.3, -0.25) is 0 Å². The molecule has 0 radical (unpaired) electrons. The van der Waals surface area contributed by atoms with Gasteiger partial charge < -0.3 is 11.5 Å². The zero-order valence-corrected chi connectivity index (χ0v) is 6.11. The van der Waals surface area contributed by atoms with Crippen molar-refractivity contribution in [3.63, 3.8) is 0 Å². The van der Waals surface area contributed by atoms with E-state index in [-0.39, 0.29) is 6.04 Å². The summed E-state index contributed by atoms with van der Waals surface area (Å²) < 4.78 is 0. The Morgan fingerprint density at radius 1 is 1.67 bits per heavy atom. The quantitative estimate of drug-likeness (QED) is 0.622. The van der Waals surface area contributed by atoms with E-state index in [0.717, 1.165) is 10.6 Å². The highest BCUT2D eigenvalue weighted by Crippen LogP contribution is 2.20. The number of hydrogen-bond donors (Lipinski definition) is 2. The molecule has 1 atom stereocenters. The van der Waals surface area contributed by atoms with Gasteiger partial charge in [-0.1, -0.05) is 0 Å². The van der Waals surface area contributed by atoms with E-state index in [0.29, 0.717) is 0 Å². The summed E-state index contributed by atoms with van der Waals surface area (Å²) >= 11 is 1.61. The lowest BCUT2D eigenvalue weighted by Crippen LogP contribution is -2.01. The van der Waals surface area contributed by atoms with E-state index in [1.54, 1.807) is 11.3 Å². The fourth-order valence-corrected chi connectivity index (χ4v) is 1.37. The molecule has 0 bridgehead atoms. The van der Waals surface area contributed by atoms with Crippen LogP contribution in [0.1, 0.15) is 17.8 Å². The molecule has 0 saturated heterocycles. The lowest BCUT2D eigenvalue weighted by atomic mass is 10.3. The summed E-state index contributed by atoms with van der Waals surface area (Å²) in [6.07, 6.45) is 0. The van der Waals surface area contributed by atoms with Crippen LogP contribution in [-0.4, -0.2) is 0 Å². The number of nitrogen functional groups attached to an aromatic ring is 1. The molecule has 0 aromatic carbocycles. The Morgan fingerprint density at radius 3 is 2.56 bits per heavy atom. The highest BCUT2D eigenvalue weighted by Gasteiger charge is 1.99. The van der Waals surface area contributed by atoms with Gasteiger partial charge in [0.25, 0.3) is 0 Å². The maximum atomic E-state index is 5.58. The zero-order valence-electron chi connectivity index (χ0n) is 5.29. The lowest BCUT2D eigenvalue weighted by molar-refractivity contribution is 0.839. The van der Waals surface area contributed by atoms with Crippen molar-refractivity contribution in [2.75, 3.05) is 5.73 Å². The molecule has 0 aliphatic carbocycles. The van der Waals surface area contributed by atoms with Crippen molar-refractivity contribution in [2.45, 2.75) is 13.0 Å². The van der Waals surface area contributed by atoms with Crippen LogP contribution in [0.2, 0.25) is 0 Å². The number of anilines is 1. The first-order valence-electron chi connectivity index (χ1n) is 2.79. The maximum Gasteiger partial charge on any atom is 0.0426 e. The van der Waals surface area contributed by atoms with Crippen LogP contribution in [0.5, 0.6) is 0 Å². The summed E-state index contributed by atoms with van der Waals surface area (Å²) in [6, 6.07) is 2.03. The van der Waals surface area contributed by atoms with E-state index in [2.05, 4.69) is 0 Å². The lowest BCUT2D eigenvalue weighted by Gasteiger charge is -1.96. The molecule has 0 aliphatic heterocycles. The van der Waals surface area contributed by atoms with Gasteiger partial charge in [0.15, 0.2) is 0 Å². The predicted molar refractivity (Wildman–Crippen MR) is 41.3 cm³/mol. The van der Waals surface area contributed by atoms with E-state index in [9.17, 15) is 0 Å². The monoisotopic (exact) mass is 142 g/mol. The Balaban J connectivity index is 2.85. The molecule has 0 saturated carbocycles. The number of nitrogens with two attached hydrogens (primary N) is 2. The van der Waals surface area contributed by atoms with Crippen molar-refractivity contribution >= 4 is 17.0 Å². The van der Waals surface area contributed by atoms with E-state index in [4.69, 9.17) is 11.5 Å². The van der Waals surface area contributed by atoms with Gasteiger partial charge in [0.1, 0.15) is 0 Å². The highest BCUT2D eigenvalue weighted by molar-refractivity contribution is 7.10. The minimum atomic E-state index is 0.118. The van der Waals surface area contributed by atoms with Crippen molar-refractivity contribution in [2.24, 2.45) is 5.73 Å². The van der Waals surface area contributed by atoms with Crippen LogP contribution >= 0.6 is 11.3 Å². The summed E-state index contributed by atoms with van der Waals surface area (Å²) in [7, 11) is 0. The first kappa shape index (κ1) is 6.58. The van der Waals surface area contributed by atoms with Gasteiger partial charge in [0.2, 0.25) is 0 Å². The second kappa shape index (κ2) is 2.37. The second-order valence-electron chi connectivity index (χ2n) is 2.07. The van der Waals surface area contributed by atoms with Gasteiger partial charge in [-0.05, 0) is 13.0 Å². The number of rotatable bonds is 1. The normalized spacial score (nSPS) is 13.6. The first-order valence-corrected chi connectivity index (χ1v) is 3.67. The van der Waals surface area contributed by atoms with Crippen LogP contribution in [0, 0.1) is 0 Å². The third-order valence-corrected chi connectivity index (χ3v) is 2.24. The number of hydrogen-bond acceptors (Lipinski definition) is 3. The summed E-state index contributed by atoms with van der Waals surface area (Å²) in [5, 5.41) is 1.90. The van der Waals surface area contributed by atoms with E-state index in [1.165, 1.54) is 0 Å². The number of thiophene rings is 1. The molecule has 50 valence electrons. The second-order valence-corrected chi connectivity index (χ2v) is 3.01. The molecule has 0 unspecified atom stereocenters. The van der Waals surface area contributed by atoms with E-state index < -0.39 is 0 Å². The molecule has 1 aromatic rings. The fraction of sp³-hybridized carbons (Fsp3) is 0.333. The largest absolute Gasteiger partial charge is 0.398 e. The van der Waals surface area contributed by atoms with Crippen LogP contribution in [-0.2, 0) is 0 Å². The molecule has 4 N–H and O–H groups in total. The topological polar surface area (TPSA) is 52.0 Å². The Morgan fingerprint density at radius 2 is 2.33 bits per heavy atom. The summed E-state index contributed by atoms with van der Waals surface area (Å²) in [6.45, 7) is 1.95. The van der Waals surface area contributed by atoms with Gasteiger partial charge in [0.05, 0.1) is 0 Å². The summed E-state index contributed by atoms with van der Waals surface area (Å²) in [5.74, 6) is 0. The summed E-state index contributed by atoms with van der Waals surface area (Å²) in [5.41, 5.74) is 11.9. The molecular weight excluding hydrogens is 132 g/mol. The van der Waals surface area contributed by atoms with Crippen LogP contribution in [0.25, 0.3) is 0 Å². The third-order valence-electron chi connectivity index (χ3n) is 1.09. The van der Waals surface area contributed by atoms with Crippen molar-refractivity contribution in [3.8, 4) is 0 Å². The van der Waals surface area contributed by atoms with E-state index in [1.807, 2.05) is 18.4 Å². The molecule has 2 nitrogen and oxygen atoms in total. The standard InChI is InChI=1S/C6H10N2S/c1-4(7)6-2-5(8)3-9-6/h2-4H,7-8H2,1H3/t4-/m0/s1. The molecule has 1 rings (SSSR count). The Bertz CT molecular complexity index is 193. The molecular formula is C6H10N2S.